The predicted molar refractivity (Wildman–Crippen MR) is 138 cm³/mol. The van der Waals surface area contributed by atoms with Crippen LogP contribution in [0, 0.1) is 0 Å². The molecule has 0 unspecified atom stereocenters. The van der Waals surface area contributed by atoms with E-state index in [-0.39, 0.29) is 29.9 Å². The molecule has 1 fully saturated rings. The van der Waals surface area contributed by atoms with Gasteiger partial charge in [0.25, 0.3) is 5.91 Å². The van der Waals surface area contributed by atoms with Crippen molar-refractivity contribution in [3.05, 3.63) is 59.2 Å². The van der Waals surface area contributed by atoms with E-state index in [1.807, 2.05) is 47.4 Å². The van der Waals surface area contributed by atoms with E-state index in [0.29, 0.717) is 30.5 Å². The van der Waals surface area contributed by atoms with Crippen molar-refractivity contribution in [3.8, 4) is 11.5 Å². The third-order valence-corrected chi connectivity index (χ3v) is 5.44. The number of carbonyl (C=O) groups is 1. The normalized spacial score (nSPS) is 13.8. The van der Waals surface area contributed by atoms with Gasteiger partial charge in [-0.1, -0.05) is 18.2 Å². The predicted octanol–water partition coefficient (Wildman–Crippen LogP) is 3.59. The molecule has 1 aliphatic heterocycles. The molecule has 0 bridgehead atoms. The summed E-state index contributed by atoms with van der Waals surface area (Å²) in [6.07, 6.45) is 4.18. The van der Waals surface area contributed by atoms with Crippen LogP contribution in [-0.2, 0) is 13.0 Å². The lowest BCUT2D eigenvalue weighted by molar-refractivity contribution is 0.0724. The van der Waals surface area contributed by atoms with Crippen LogP contribution in [0.4, 0.5) is 0 Å². The van der Waals surface area contributed by atoms with Crippen LogP contribution in [0.15, 0.2) is 47.5 Å². The number of benzene rings is 2. The second kappa shape index (κ2) is 13.1. The number of methoxy groups -OCH3 is 2. The Labute approximate surface area is 207 Å². The average Bonchev–Trinajstić information content (AvgIpc) is 2.83. The highest BCUT2D eigenvalue weighted by Crippen LogP contribution is 2.27. The van der Waals surface area contributed by atoms with Gasteiger partial charge in [0.2, 0.25) is 0 Å². The molecule has 0 saturated carbocycles. The number of guanidine groups is 1. The Balaban J connectivity index is 0.00000363. The van der Waals surface area contributed by atoms with E-state index in [4.69, 9.17) is 15.2 Å². The zero-order valence-electron chi connectivity index (χ0n) is 18.8. The summed E-state index contributed by atoms with van der Waals surface area (Å²) in [6.45, 7) is 2.84. The van der Waals surface area contributed by atoms with Gasteiger partial charge in [-0.15, -0.1) is 24.0 Å². The minimum atomic E-state index is 0. The highest BCUT2D eigenvalue weighted by atomic mass is 127. The van der Waals surface area contributed by atoms with Gasteiger partial charge < -0.3 is 25.4 Å². The largest absolute Gasteiger partial charge is 0.493 e. The van der Waals surface area contributed by atoms with Gasteiger partial charge in [-0.3, -0.25) is 4.79 Å². The Morgan fingerprint density at radius 3 is 2.31 bits per heavy atom. The summed E-state index contributed by atoms with van der Waals surface area (Å²) in [4.78, 5) is 18.9. The Morgan fingerprint density at radius 2 is 1.66 bits per heavy atom. The maximum Gasteiger partial charge on any atom is 0.253 e. The van der Waals surface area contributed by atoms with Crippen molar-refractivity contribution in [1.82, 2.24) is 10.2 Å². The fraction of sp³-hybridized carbons (Fsp3) is 0.417. The fourth-order valence-electron chi connectivity index (χ4n) is 3.64. The molecule has 1 heterocycles. The number of nitrogens with two attached hydrogens (primary N) is 1. The second-order valence-corrected chi connectivity index (χ2v) is 7.62. The van der Waals surface area contributed by atoms with Gasteiger partial charge in [0.15, 0.2) is 17.5 Å². The van der Waals surface area contributed by atoms with Crippen molar-refractivity contribution in [3.63, 3.8) is 0 Å². The number of piperidine rings is 1. The maximum absolute atomic E-state index is 12.5. The number of ether oxygens (including phenoxy) is 2. The zero-order chi connectivity index (χ0) is 22.1. The molecule has 1 amide bonds. The summed E-state index contributed by atoms with van der Waals surface area (Å²) >= 11 is 0. The first-order valence-corrected chi connectivity index (χ1v) is 10.7. The lowest BCUT2D eigenvalue weighted by Gasteiger charge is -2.26. The molecule has 1 aliphatic rings. The first-order valence-electron chi connectivity index (χ1n) is 10.7. The first kappa shape index (κ1) is 25.8. The van der Waals surface area contributed by atoms with Gasteiger partial charge in [0, 0.05) is 25.2 Å². The molecule has 0 aromatic heterocycles. The second-order valence-electron chi connectivity index (χ2n) is 7.62. The minimum Gasteiger partial charge on any atom is -0.493 e. The van der Waals surface area contributed by atoms with Gasteiger partial charge in [-0.05, 0) is 61.1 Å². The van der Waals surface area contributed by atoms with Gasteiger partial charge in [-0.2, -0.15) is 0 Å². The molecule has 1 saturated heterocycles. The number of nitrogens with one attached hydrogen (secondary N) is 1. The summed E-state index contributed by atoms with van der Waals surface area (Å²) in [7, 11) is 3.25. The SMILES string of the molecule is COc1ccc(CCNC(N)=NCc2ccc(C(=O)N3CCCCC3)cc2)cc1OC.I. The molecule has 0 spiro atoms. The molecule has 174 valence electrons. The van der Waals surface area contributed by atoms with E-state index < -0.39 is 0 Å². The topological polar surface area (TPSA) is 89.2 Å². The highest BCUT2D eigenvalue weighted by Gasteiger charge is 2.17. The molecule has 2 aromatic rings. The quantitative estimate of drug-likeness (QED) is 0.297. The number of hydrogen-bond acceptors (Lipinski definition) is 4. The molecule has 8 heteroatoms. The lowest BCUT2D eigenvalue weighted by atomic mass is 10.1. The number of likely N-dealkylation sites (tertiary alicyclic amines) is 1. The first-order chi connectivity index (χ1) is 15.1. The molecule has 0 radical (unpaired) electrons. The Kier molecular flexibility index (Phi) is 10.6. The van der Waals surface area contributed by atoms with Crippen LogP contribution in [0.1, 0.15) is 40.7 Å². The lowest BCUT2D eigenvalue weighted by Crippen LogP contribution is -2.35. The smallest absolute Gasteiger partial charge is 0.253 e. The van der Waals surface area contributed by atoms with Crippen LogP contribution >= 0.6 is 24.0 Å². The molecule has 2 aromatic carbocycles. The van der Waals surface area contributed by atoms with E-state index >= 15 is 0 Å². The van der Waals surface area contributed by atoms with Gasteiger partial charge in [-0.25, -0.2) is 4.99 Å². The molecular formula is C24H33IN4O3. The van der Waals surface area contributed by atoms with Gasteiger partial charge in [0.1, 0.15) is 0 Å². The zero-order valence-corrected chi connectivity index (χ0v) is 21.1. The summed E-state index contributed by atoms with van der Waals surface area (Å²) < 4.78 is 10.6. The summed E-state index contributed by atoms with van der Waals surface area (Å²) in [6, 6.07) is 13.5. The maximum atomic E-state index is 12.5. The Morgan fingerprint density at radius 1 is 1.00 bits per heavy atom. The Hall–Kier alpha value is -2.49. The number of aliphatic imine (C=N–C) groups is 1. The van der Waals surface area contributed by atoms with E-state index in [0.717, 1.165) is 49.0 Å². The summed E-state index contributed by atoms with van der Waals surface area (Å²) in [5, 5.41) is 3.13. The monoisotopic (exact) mass is 552 g/mol. The molecule has 7 nitrogen and oxygen atoms in total. The number of rotatable bonds is 8. The van der Waals surface area contributed by atoms with E-state index in [9.17, 15) is 4.79 Å². The van der Waals surface area contributed by atoms with Crippen molar-refractivity contribution in [2.24, 2.45) is 10.7 Å². The molecule has 32 heavy (non-hydrogen) atoms. The number of halogens is 1. The van der Waals surface area contributed by atoms with Crippen LogP contribution < -0.4 is 20.5 Å². The van der Waals surface area contributed by atoms with Crippen LogP contribution in [0.2, 0.25) is 0 Å². The van der Waals surface area contributed by atoms with Gasteiger partial charge >= 0.3 is 0 Å². The average molecular weight is 552 g/mol. The fourth-order valence-corrected chi connectivity index (χ4v) is 3.64. The van der Waals surface area contributed by atoms with Crippen molar-refractivity contribution >= 4 is 35.8 Å². The Bertz CT molecular complexity index is 897. The number of amides is 1. The van der Waals surface area contributed by atoms with Crippen LogP contribution in [0.3, 0.4) is 0 Å². The van der Waals surface area contributed by atoms with E-state index in [2.05, 4.69) is 10.3 Å². The molecular weight excluding hydrogens is 519 g/mol. The van der Waals surface area contributed by atoms with Crippen molar-refractivity contribution in [2.75, 3.05) is 33.9 Å². The van der Waals surface area contributed by atoms with Crippen LogP contribution in [0.25, 0.3) is 0 Å². The summed E-state index contributed by atoms with van der Waals surface area (Å²) in [5.41, 5.74) is 8.86. The number of carbonyl (C=O) groups excluding carboxylic acids is 1. The third-order valence-electron chi connectivity index (χ3n) is 5.44. The standard InChI is InChI=1S/C24H32N4O3.HI/c1-30-21-11-8-18(16-22(21)31-2)12-13-26-24(25)27-17-19-6-9-20(10-7-19)23(29)28-14-4-3-5-15-28;/h6-11,16H,3-5,12-15,17H2,1-2H3,(H3,25,26,27);1H. The minimum absolute atomic E-state index is 0. The van der Waals surface area contributed by atoms with Crippen LogP contribution in [0.5, 0.6) is 11.5 Å². The summed E-state index contributed by atoms with van der Waals surface area (Å²) in [5.74, 6) is 1.94. The van der Waals surface area contributed by atoms with Crippen molar-refractivity contribution in [2.45, 2.75) is 32.2 Å². The van der Waals surface area contributed by atoms with Gasteiger partial charge in [0.05, 0.1) is 20.8 Å². The number of hydrogen-bond donors (Lipinski definition) is 2. The van der Waals surface area contributed by atoms with E-state index in [1.54, 1.807) is 14.2 Å². The molecule has 3 N–H and O–H groups in total. The molecule has 0 aliphatic carbocycles. The molecule has 0 atom stereocenters. The van der Waals surface area contributed by atoms with Crippen molar-refractivity contribution < 1.29 is 14.3 Å². The van der Waals surface area contributed by atoms with Crippen LogP contribution in [-0.4, -0.2) is 50.6 Å². The third kappa shape index (κ3) is 7.29. The molecule has 3 rings (SSSR count). The number of nitrogens with zero attached hydrogens (tertiary/aromatic N) is 2. The van der Waals surface area contributed by atoms with Crippen molar-refractivity contribution in [1.29, 1.82) is 0 Å². The van der Waals surface area contributed by atoms with E-state index in [1.165, 1.54) is 6.42 Å². The highest BCUT2D eigenvalue weighted by molar-refractivity contribution is 14.0.